The first-order chi connectivity index (χ1) is 15.3. The maximum Gasteiger partial charge on any atom is 0.257 e. The molecule has 2 aromatic carbocycles. The molecule has 6 heteroatoms. The normalized spacial score (nSPS) is 17.9. The van der Waals surface area contributed by atoms with Gasteiger partial charge in [-0.2, -0.15) is 0 Å². The van der Waals surface area contributed by atoms with Gasteiger partial charge in [0.15, 0.2) is 0 Å². The predicted molar refractivity (Wildman–Crippen MR) is 123 cm³/mol. The Morgan fingerprint density at radius 1 is 1.09 bits per heavy atom. The van der Waals surface area contributed by atoms with Crippen molar-refractivity contribution in [3.63, 3.8) is 0 Å². The van der Waals surface area contributed by atoms with Crippen LogP contribution in [-0.2, 0) is 11.2 Å². The number of carbonyl (C=O) groups is 2. The molecule has 0 saturated carbocycles. The molecule has 5 nitrogen and oxygen atoms in total. The van der Waals surface area contributed by atoms with Gasteiger partial charge in [-0.15, -0.1) is 0 Å². The first kappa shape index (κ1) is 23.8. The van der Waals surface area contributed by atoms with Gasteiger partial charge in [0.1, 0.15) is 18.2 Å². The van der Waals surface area contributed by atoms with Crippen LogP contribution in [0.1, 0.15) is 49.0 Å². The van der Waals surface area contributed by atoms with E-state index in [4.69, 9.17) is 4.74 Å². The van der Waals surface area contributed by atoms with Gasteiger partial charge in [-0.1, -0.05) is 38.1 Å². The number of carbonyl (C=O) groups excluding carboxylic acids is 2. The molecule has 0 N–H and O–H groups in total. The quantitative estimate of drug-likeness (QED) is 0.701. The second kappa shape index (κ2) is 11.1. The lowest BCUT2D eigenvalue weighted by molar-refractivity contribution is -0.134. The zero-order valence-electron chi connectivity index (χ0n) is 19.2. The van der Waals surface area contributed by atoms with Gasteiger partial charge in [0.05, 0.1) is 18.0 Å². The monoisotopic (exact) mass is 440 g/mol. The van der Waals surface area contributed by atoms with Gasteiger partial charge in [-0.3, -0.25) is 9.59 Å². The molecule has 3 rings (SSSR count). The number of para-hydroxylation sites is 1. The fourth-order valence-corrected chi connectivity index (χ4v) is 4.11. The van der Waals surface area contributed by atoms with Gasteiger partial charge in [0.2, 0.25) is 5.91 Å². The molecule has 0 unspecified atom stereocenters. The van der Waals surface area contributed by atoms with E-state index < -0.39 is 0 Å². The number of rotatable bonds is 4. The highest BCUT2D eigenvalue weighted by Crippen LogP contribution is 2.23. The van der Waals surface area contributed by atoms with Crippen molar-refractivity contribution < 1.29 is 18.7 Å². The third-order valence-corrected chi connectivity index (χ3v) is 5.81. The lowest BCUT2D eigenvalue weighted by Gasteiger charge is -2.34. The average molecular weight is 441 g/mol. The molecule has 0 fully saturated rings. The van der Waals surface area contributed by atoms with Crippen LogP contribution in [0, 0.1) is 11.7 Å². The van der Waals surface area contributed by atoms with Crippen LogP contribution in [0.5, 0.6) is 5.75 Å². The fourth-order valence-electron chi connectivity index (χ4n) is 4.11. The van der Waals surface area contributed by atoms with Gasteiger partial charge < -0.3 is 14.5 Å². The van der Waals surface area contributed by atoms with Gasteiger partial charge in [0, 0.05) is 20.1 Å². The van der Waals surface area contributed by atoms with Crippen molar-refractivity contribution in [2.45, 2.75) is 45.6 Å². The Morgan fingerprint density at radius 2 is 1.78 bits per heavy atom. The van der Waals surface area contributed by atoms with Crippen LogP contribution in [0.15, 0.2) is 48.5 Å². The number of halogens is 1. The number of benzene rings is 2. The summed E-state index contributed by atoms with van der Waals surface area (Å²) < 4.78 is 19.4. The second-order valence-electron chi connectivity index (χ2n) is 8.91. The Bertz CT molecular complexity index is 914. The van der Waals surface area contributed by atoms with E-state index in [1.165, 1.54) is 12.1 Å². The van der Waals surface area contributed by atoms with Crippen molar-refractivity contribution in [3.05, 3.63) is 65.5 Å². The standard InChI is InChI=1S/C26H33FN2O3/c1-19(2)16-22-18-32-24-9-5-4-8-23(24)26(31)28(3)14-6-7-15-29(22)25(30)17-20-10-12-21(27)13-11-20/h4-5,8-13,19,22H,6-7,14-18H2,1-3H3/t22-/m0/s1. The van der Waals surface area contributed by atoms with Gasteiger partial charge in [-0.05, 0) is 55.0 Å². The van der Waals surface area contributed by atoms with E-state index in [9.17, 15) is 14.0 Å². The summed E-state index contributed by atoms with van der Waals surface area (Å²) in [6.45, 7) is 5.80. The third-order valence-electron chi connectivity index (χ3n) is 5.81. The summed E-state index contributed by atoms with van der Waals surface area (Å²) in [6.07, 6.45) is 2.62. The Morgan fingerprint density at radius 3 is 2.50 bits per heavy atom. The highest BCUT2D eigenvalue weighted by molar-refractivity contribution is 5.96. The van der Waals surface area contributed by atoms with Crippen molar-refractivity contribution in [1.82, 2.24) is 9.80 Å². The van der Waals surface area contributed by atoms with E-state index in [1.54, 1.807) is 30.1 Å². The van der Waals surface area contributed by atoms with Gasteiger partial charge in [-0.25, -0.2) is 4.39 Å². The van der Waals surface area contributed by atoms with E-state index >= 15 is 0 Å². The summed E-state index contributed by atoms with van der Waals surface area (Å²) in [7, 11) is 1.80. The van der Waals surface area contributed by atoms with E-state index in [0.29, 0.717) is 36.9 Å². The zero-order chi connectivity index (χ0) is 23.1. The molecule has 1 atom stereocenters. The highest BCUT2D eigenvalue weighted by Gasteiger charge is 2.27. The maximum absolute atomic E-state index is 13.3. The number of amides is 2. The van der Waals surface area contributed by atoms with Crippen molar-refractivity contribution in [3.8, 4) is 5.75 Å². The molecular formula is C26H33FN2O3. The van der Waals surface area contributed by atoms with E-state index in [0.717, 1.165) is 24.8 Å². The molecular weight excluding hydrogens is 407 g/mol. The minimum atomic E-state index is -0.309. The number of fused-ring (bicyclic) bond motifs is 1. The van der Waals surface area contributed by atoms with E-state index in [-0.39, 0.29) is 30.1 Å². The molecule has 0 saturated heterocycles. The van der Waals surface area contributed by atoms with Crippen molar-refractivity contribution >= 4 is 11.8 Å². The van der Waals surface area contributed by atoms with Crippen LogP contribution >= 0.6 is 0 Å². The minimum Gasteiger partial charge on any atom is -0.491 e. The topological polar surface area (TPSA) is 49.9 Å². The Balaban J connectivity index is 1.86. The van der Waals surface area contributed by atoms with Crippen LogP contribution in [-0.4, -0.2) is 54.4 Å². The minimum absolute atomic E-state index is 0.0145. The average Bonchev–Trinajstić information content (AvgIpc) is 2.77. The van der Waals surface area contributed by atoms with E-state index in [1.807, 2.05) is 23.1 Å². The molecule has 0 bridgehead atoms. The number of ether oxygens (including phenoxy) is 1. The molecule has 0 aromatic heterocycles. The molecule has 1 heterocycles. The summed E-state index contributed by atoms with van der Waals surface area (Å²) in [5.74, 6) is 0.577. The van der Waals surface area contributed by atoms with Gasteiger partial charge in [0.25, 0.3) is 5.91 Å². The Kier molecular flexibility index (Phi) is 8.26. The molecule has 1 aliphatic rings. The summed E-state index contributed by atoms with van der Waals surface area (Å²) in [5, 5.41) is 0. The van der Waals surface area contributed by atoms with Crippen LogP contribution in [0.25, 0.3) is 0 Å². The maximum atomic E-state index is 13.3. The Labute approximate surface area is 190 Å². The molecule has 2 aromatic rings. The summed E-state index contributed by atoms with van der Waals surface area (Å²) in [5.41, 5.74) is 1.34. The number of nitrogens with zero attached hydrogens (tertiary/aromatic N) is 2. The lowest BCUT2D eigenvalue weighted by Crippen LogP contribution is -2.46. The van der Waals surface area contributed by atoms with Crippen molar-refractivity contribution in [2.75, 3.05) is 26.7 Å². The fraction of sp³-hybridized carbons (Fsp3) is 0.462. The van der Waals surface area contributed by atoms with Crippen LogP contribution in [0.3, 0.4) is 0 Å². The molecule has 0 radical (unpaired) electrons. The highest BCUT2D eigenvalue weighted by atomic mass is 19.1. The molecule has 1 aliphatic heterocycles. The van der Waals surface area contributed by atoms with Gasteiger partial charge >= 0.3 is 0 Å². The molecule has 0 spiro atoms. The summed E-state index contributed by atoms with van der Waals surface area (Å²) >= 11 is 0. The lowest BCUT2D eigenvalue weighted by atomic mass is 10.0. The predicted octanol–water partition coefficient (Wildman–Crippen LogP) is 4.56. The first-order valence-corrected chi connectivity index (χ1v) is 11.4. The summed E-state index contributed by atoms with van der Waals surface area (Å²) in [6, 6.07) is 13.3. The van der Waals surface area contributed by atoms with Crippen molar-refractivity contribution in [1.29, 1.82) is 0 Å². The smallest absolute Gasteiger partial charge is 0.257 e. The number of hydrogen-bond acceptors (Lipinski definition) is 3. The summed E-state index contributed by atoms with van der Waals surface area (Å²) in [4.78, 5) is 29.8. The first-order valence-electron chi connectivity index (χ1n) is 11.4. The molecule has 172 valence electrons. The largest absolute Gasteiger partial charge is 0.491 e. The zero-order valence-corrected chi connectivity index (χ0v) is 19.2. The molecule has 2 amide bonds. The molecule has 32 heavy (non-hydrogen) atoms. The van der Waals surface area contributed by atoms with Crippen LogP contribution in [0.2, 0.25) is 0 Å². The molecule has 0 aliphatic carbocycles. The van der Waals surface area contributed by atoms with Crippen LogP contribution in [0.4, 0.5) is 4.39 Å². The second-order valence-corrected chi connectivity index (χ2v) is 8.91. The van der Waals surface area contributed by atoms with Crippen LogP contribution < -0.4 is 4.74 Å². The number of hydrogen-bond donors (Lipinski definition) is 0. The van der Waals surface area contributed by atoms with E-state index in [2.05, 4.69) is 13.8 Å². The Hall–Kier alpha value is -2.89. The SMILES string of the molecule is CC(C)C[C@H]1COc2ccccc2C(=O)N(C)CCCCN1C(=O)Cc1ccc(F)cc1. The van der Waals surface area contributed by atoms with Crippen molar-refractivity contribution in [2.24, 2.45) is 5.92 Å². The third kappa shape index (κ3) is 6.31.